The summed E-state index contributed by atoms with van der Waals surface area (Å²) in [7, 11) is 2.69. The van der Waals surface area contributed by atoms with Gasteiger partial charge in [0.05, 0.1) is 25.3 Å². The molecule has 1 unspecified atom stereocenters. The molecule has 1 aliphatic rings. The molecule has 0 spiro atoms. The topological polar surface area (TPSA) is 52.6 Å². The van der Waals surface area contributed by atoms with Gasteiger partial charge in [-0.1, -0.05) is 37.3 Å². The van der Waals surface area contributed by atoms with Gasteiger partial charge in [0, 0.05) is 0 Å². The fourth-order valence-corrected chi connectivity index (χ4v) is 4.01. The third kappa shape index (κ3) is 3.00. The van der Waals surface area contributed by atoms with Crippen molar-refractivity contribution in [2.75, 3.05) is 14.2 Å². The minimum absolute atomic E-state index is 0.325. The Kier molecular flexibility index (Phi) is 5.12. The number of hydrogen-bond acceptors (Lipinski definition) is 4. The first-order chi connectivity index (χ1) is 12.5. The van der Waals surface area contributed by atoms with Crippen LogP contribution in [-0.4, -0.2) is 26.2 Å². The maximum Gasteiger partial charge on any atom is 0.339 e. The predicted molar refractivity (Wildman–Crippen MR) is 100 cm³/mol. The highest BCUT2D eigenvalue weighted by Gasteiger charge is 2.32. The lowest BCUT2D eigenvalue weighted by atomic mass is 9.75. The lowest BCUT2D eigenvalue weighted by molar-refractivity contribution is 0.0553. The van der Waals surface area contributed by atoms with Crippen LogP contribution in [0.1, 0.15) is 50.8 Å². The van der Waals surface area contributed by atoms with Crippen LogP contribution >= 0.6 is 0 Å². The molecule has 0 heterocycles. The molecule has 4 heteroatoms. The molecule has 0 fully saturated rings. The second kappa shape index (κ2) is 7.32. The van der Waals surface area contributed by atoms with Crippen molar-refractivity contribution in [2.24, 2.45) is 5.92 Å². The molecule has 1 atom stereocenters. The van der Waals surface area contributed by atoms with Crippen LogP contribution in [-0.2, 0) is 22.3 Å². The molecule has 0 saturated carbocycles. The quantitative estimate of drug-likeness (QED) is 0.770. The van der Waals surface area contributed by atoms with Gasteiger partial charge in [0.15, 0.2) is 0 Å². The first kappa shape index (κ1) is 18.2. The molecule has 0 saturated heterocycles. The fraction of sp³-hybridized carbons (Fsp3) is 0.364. The lowest BCUT2D eigenvalue weighted by Crippen LogP contribution is -2.23. The standard InChI is InChI=1S/C22H24O4/c1-13-10-11-16-17(12-13)18(15-8-6-5-7-9-15)14(2)19(21(23)25-3)20(16)22(24)26-4/h5-9,13H,10-12H2,1-4H3. The van der Waals surface area contributed by atoms with E-state index in [-0.39, 0.29) is 0 Å². The second-order valence-electron chi connectivity index (χ2n) is 6.90. The molecule has 136 valence electrons. The first-order valence-electron chi connectivity index (χ1n) is 8.89. The maximum atomic E-state index is 12.6. The Morgan fingerprint density at radius 1 is 0.962 bits per heavy atom. The summed E-state index contributed by atoms with van der Waals surface area (Å²) in [5.41, 5.74) is 5.65. The highest BCUT2D eigenvalue weighted by Crippen LogP contribution is 2.40. The Hall–Kier alpha value is -2.62. The van der Waals surface area contributed by atoms with Crippen molar-refractivity contribution < 1.29 is 19.1 Å². The van der Waals surface area contributed by atoms with E-state index in [0.29, 0.717) is 17.0 Å². The van der Waals surface area contributed by atoms with Gasteiger partial charge in [-0.3, -0.25) is 0 Å². The van der Waals surface area contributed by atoms with E-state index in [4.69, 9.17) is 9.47 Å². The molecule has 0 aromatic heterocycles. The van der Waals surface area contributed by atoms with Crippen LogP contribution in [0.4, 0.5) is 0 Å². The Labute approximate surface area is 154 Å². The highest BCUT2D eigenvalue weighted by molar-refractivity contribution is 6.07. The average Bonchev–Trinajstić information content (AvgIpc) is 2.66. The predicted octanol–water partition coefficient (Wildman–Crippen LogP) is 4.36. The van der Waals surface area contributed by atoms with Crippen molar-refractivity contribution in [3.8, 4) is 11.1 Å². The number of hydrogen-bond donors (Lipinski definition) is 0. The summed E-state index contributed by atoms with van der Waals surface area (Å²) in [6.45, 7) is 4.11. The Morgan fingerprint density at radius 2 is 1.58 bits per heavy atom. The van der Waals surface area contributed by atoms with Crippen molar-refractivity contribution in [1.29, 1.82) is 0 Å². The number of ether oxygens (including phenoxy) is 2. The molecule has 4 nitrogen and oxygen atoms in total. The number of rotatable bonds is 3. The van der Waals surface area contributed by atoms with Crippen LogP contribution in [0.2, 0.25) is 0 Å². The van der Waals surface area contributed by atoms with Crippen molar-refractivity contribution in [1.82, 2.24) is 0 Å². The molecule has 3 rings (SSSR count). The monoisotopic (exact) mass is 352 g/mol. The van der Waals surface area contributed by atoms with Gasteiger partial charge in [-0.25, -0.2) is 9.59 Å². The Morgan fingerprint density at radius 3 is 2.19 bits per heavy atom. The van der Waals surface area contributed by atoms with Gasteiger partial charge in [0.25, 0.3) is 0 Å². The van der Waals surface area contributed by atoms with Crippen molar-refractivity contribution >= 4 is 11.9 Å². The van der Waals surface area contributed by atoms with Crippen LogP contribution in [0.25, 0.3) is 11.1 Å². The number of methoxy groups -OCH3 is 2. The molecule has 0 amide bonds. The molecular weight excluding hydrogens is 328 g/mol. The number of carbonyl (C=O) groups is 2. The molecule has 0 radical (unpaired) electrons. The maximum absolute atomic E-state index is 12.6. The van der Waals surface area contributed by atoms with Crippen LogP contribution in [0.3, 0.4) is 0 Å². The smallest absolute Gasteiger partial charge is 0.339 e. The van der Waals surface area contributed by atoms with E-state index in [1.807, 2.05) is 37.3 Å². The van der Waals surface area contributed by atoms with Crippen LogP contribution in [0, 0.1) is 12.8 Å². The van der Waals surface area contributed by atoms with Gasteiger partial charge in [0.1, 0.15) is 0 Å². The molecule has 1 aliphatic carbocycles. The summed E-state index contributed by atoms with van der Waals surface area (Å²) >= 11 is 0. The summed E-state index contributed by atoms with van der Waals surface area (Å²) in [6, 6.07) is 10.0. The molecule has 0 bridgehead atoms. The zero-order valence-corrected chi connectivity index (χ0v) is 15.7. The van der Waals surface area contributed by atoms with E-state index < -0.39 is 11.9 Å². The van der Waals surface area contributed by atoms with Gasteiger partial charge >= 0.3 is 11.9 Å². The summed E-state index contributed by atoms with van der Waals surface area (Å²) < 4.78 is 10.0. The third-order valence-corrected chi connectivity index (χ3v) is 5.25. The van der Waals surface area contributed by atoms with Crippen molar-refractivity contribution in [2.45, 2.75) is 33.1 Å². The summed E-state index contributed by atoms with van der Waals surface area (Å²) in [6.07, 6.45) is 2.62. The molecular formula is C22H24O4. The molecule has 0 N–H and O–H groups in total. The van der Waals surface area contributed by atoms with E-state index in [2.05, 4.69) is 6.92 Å². The number of carbonyl (C=O) groups excluding carboxylic acids is 2. The molecule has 2 aromatic carbocycles. The third-order valence-electron chi connectivity index (χ3n) is 5.25. The Bertz CT molecular complexity index is 852. The summed E-state index contributed by atoms with van der Waals surface area (Å²) in [5, 5.41) is 0. The fourth-order valence-electron chi connectivity index (χ4n) is 4.01. The Balaban J connectivity index is 2.42. The minimum Gasteiger partial charge on any atom is -0.465 e. The molecule has 2 aromatic rings. The van der Waals surface area contributed by atoms with Crippen LogP contribution < -0.4 is 0 Å². The molecule has 26 heavy (non-hydrogen) atoms. The van der Waals surface area contributed by atoms with Gasteiger partial charge < -0.3 is 9.47 Å². The zero-order valence-electron chi connectivity index (χ0n) is 15.7. The second-order valence-corrected chi connectivity index (χ2v) is 6.90. The van der Waals surface area contributed by atoms with Crippen LogP contribution in [0.15, 0.2) is 30.3 Å². The van der Waals surface area contributed by atoms with E-state index in [1.165, 1.54) is 14.2 Å². The van der Waals surface area contributed by atoms with E-state index >= 15 is 0 Å². The number of fused-ring (bicyclic) bond motifs is 1. The van der Waals surface area contributed by atoms with E-state index in [9.17, 15) is 9.59 Å². The van der Waals surface area contributed by atoms with Gasteiger partial charge in [-0.15, -0.1) is 0 Å². The highest BCUT2D eigenvalue weighted by atomic mass is 16.5. The van der Waals surface area contributed by atoms with E-state index in [0.717, 1.165) is 47.1 Å². The average molecular weight is 352 g/mol. The van der Waals surface area contributed by atoms with Gasteiger partial charge in [-0.2, -0.15) is 0 Å². The van der Waals surface area contributed by atoms with Gasteiger partial charge in [-0.05, 0) is 59.9 Å². The summed E-state index contributed by atoms with van der Waals surface area (Å²) in [5.74, 6) is -0.445. The van der Waals surface area contributed by atoms with Gasteiger partial charge in [0.2, 0.25) is 0 Å². The number of benzene rings is 2. The van der Waals surface area contributed by atoms with E-state index in [1.54, 1.807) is 0 Å². The van der Waals surface area contributed by atoms with Crippen molar-refractivity contribution in [3.05, 3.63) is 58.1 Å². The first-order valence-corrected chi connectivity index (χ1v) is 8.89. The van der Waals surface area contributed by atoms with Crippen molar-refractivity contribution in [3.63, 3.8) is 0 Å². The summed E-state index contributed by atoms with van der Waals surface area (Å²) in [4.78, 5) is 25.2. The minimum atomic E-state index is -0.499. The largest absolute Gasteiger partial charge is 0.465 e. The normalized spacial score (nSPS) is 15.9. The zero-order chi connectivity index (χ0) is 18.8. The lowest BCUT2D eigenvalue weighted by Gasteiger charge is -2.29. The number of esters is 2. The van der Waals surface area contributed by atoms with Crippen LogP contribution in [0.5, 0.6) is 0 Å². The molecule has 0 aliphatic heterocycles. The SMILES string of the molecule is COC(=O)c1c(C)c(-c2ccccc2)c2c(c1C(=O)OC)CCC(C)C2.